The molecule has 0 atom stereocenters. The Bertz CT molecular complexity index is 1240. The molecule has 1 saturated heterocycles. The van der Waals surface area contributed by atoms with Crippen molar-refractivity contribution in [3.63, 3.8) is 0 Å². The average molecular weight is 421 g/mol. The maximum Gasteiger partial charge on any atom is 0.349 e. The molecular formula is C22H19N3O4S. The van der Waals surface area contributed by atoms with Crippen LogP contribution < -0.4 is 5.63 Å². The summed E-state index contributed by atoms with van der Waals surface area (Å²) in [6, 6.07) is 12.6. The van der Waals surface area contributed by atoms with Crippen LogP contribution in [0.4, 0.5) is 0 Å². The fraction of sp³-hybridized carbons (Fsp3) is 0.227. The van der Waals surface area contributed by atoms with Crippen molar-refractivity contribution in [3.05, 3.63) is 75.1 Å². The van der Waals surface area contributed by atoms with E-state index >= 15 is 0 Å². The highest BCUT2D eigenvalue weighted by Crippen LogP contribution is 2.23. The number of rotatable bonds is 4. The number of piperazine rings is 1. The van der Waals surface area contributed by atoms with Gasteiger partial charge in [-0.25, -0.2) is 9.78 Å². The Morgan fingerprint density at radius 3 is 2.73 bits per heavy atom. The molecule has 3 aromatic heterocycles. The van der Waals surface area contributed by atoms with E-state index in [9.17, 15) is 9.59 Å². The molecule has 0 aliphatic carbocycles. The summed E-state index contributed by atoms with van der Waals surface area (Å²) in [5.74, 6) is 0.491. The molecular weight excluding hydrogens is 402 g/mol. The molecule has 0 N–H and O–H groups in total. The highest BCUT2D eigenvalue weighted by Gasteiger charge is 2.25. The lowest BCUT2D eigenvalue weighted by molar-refractivity contribution is 0.0624. The number of amides is 1. The number of thiazole rings is 1. The quantitative estimate of drug-likeness (QED) is 0.470. The lowest BCUT2D eigenvalue weighted by Crippen LogP contribution is -2.49. The highest BCUT2D eigenvalue weighted by molar-refractivity contribution is 7.09. The second kappa shape index (κ2) is 7.89. The van der Waals surface area contributed by atoms with Crippen LogP contribution in [0.5, 0.6) is 0 Å². The van der Waals surface area contributed by atoms with Gasteiger partial charge in [0.05, 0.1) is 12.8 Å². The number of carbonyl (C=O) groups excluding carboxylic acids is 1. The first-order valence-corrected chi connectivity index (χ1v) is 10.6. The lowest BCUT2D eigenvalue weighted by atomic mass is 10.1. The molecule has 1 aliphatic heterocycles. The first-order valence-electron chi connectivity index (χ1n) is 9.70. The molecule has 30 heavy (non-hydrogen) atoms. The van der Waals surface area contributed by atoms with E-state index in [-0.39, 0.29) is 11.5 Å². The molecule has 0 unspecified atom stereocenters. The molecule has 1 amide bonds. The van der Waals surface area contributed by atoms with Crippen LogP contribution >= 0.6 is 11.3 Å². The molecule has 0 spiro atoms. The Hall–Kier alpha value is -3.23. The van der Waals surface area contributed by atoms with Crippen LogP contribution in [0, 0.1) is 0 Å². The van der Waals surface area contributed by atoms with Gasteiger partial charge in [0.2, 0.25) is 0 Å². The minimum atomic E-state index is -0.589. The maximum atomic E-state index is 12.9. The first kappa shape index (κ1) is 18.8. The van der Waals surface area contributed by atoms with Gasteiger partial charge in [0.25, 0.3) is 5.91 Å². The highest BCUT2D eigenvalue weighted by atomic mass is 32.1. The van der Waals surface area contributed by atoms with E-state index in [1.54, 1.807) is 40.7 Å². The summed E-state index contributed by atoms with van der Waals surface area (Å²) in [5, 5.41) is 3.75. The minimum Gasteiger partial charge on any atom is -0.463 e. The summed E-state index contributed by atoms with van der Waals surface area (Å²) in [7, 11) is 0. The number of nitrogens with zero attached hydrogens (tertiary/aromatic N) is 3. The summed E-state index contributed by atoms with van der Waals surface area (Å²) in [5.41, 5.74) is 0.831. The summed E-state index contributed by atoms with van der Waals surface area (Å²) in [4.78, 5) is 33.8. The van der Waals surface area contributed by atoms with Gasteiger partial charge in [-0.1, -0.05) is 18.2 Å². The second-order valence-corrected chi connectivity index (χ2v) is 8.10. The van der Waals surface area contributed by atoms with Crippen LogP contribution in [0.25, 0.3) is 22.4 Å². The zero-order chi connectivity index (χ0) is 20.5. The molecule has 1 aliphatic rings. The largest absolute Gasteiger partial charge is 0.463 e. The van der Waals surface area contributed by atoms with Crippen LogP contribution in [0.3, 0.4) is 0 Å². The molecule has 8 heteroatoms. The molecule has 7 nitrogen and oxygen atoms in total. The third kappa shape index (κ3) is 3.67. The monoisotopic (exact) mass is 421 g/mol. The normalized spacial score (nSPS) is 15.0. The van der Waals surface area contributed by atoms with Gasteiger partial charge in [-0.05, 0) is 24.3 Å². The number of benzene rings is 1. The van der Waals surface area contributed by atoms with Crippen LogP contribution in [0.2, 0.25) is 0 Å². The van der Waals surface area contributed by atoms with E-state index in [1.807, 2.05) is 29.6 Å². The minimum absolute atomic E-state index is 0.0881. The molecule has 5 rings (SSSR count). The number of hydrogen-bond donors (Lipinski definition) is 0. The Morgan fingerprint density at radius 2 is 1.93 bits per heavy atom. The van der Waals surface area contributed by atoms with Crippen molar-refractivity contribution < 1.29 is 13.6 Å². The number of fused-ring (bicyclic) bond motifs is 1. The van der Waals surface area contributed by atoms with E-state index < -0.39 is 5.63 Å². The summed E-state index contributed by atoms with van der Waals surface area (Å²) >= 11 is 1.60. The Balaban J connectivity index is 1.23. The summed E-state index contributed by atoms with van der Waals surface area (Å²) < 4.78 is 10.7. The van der Waals surface area contributed by atoms with Gasteiger partial charge in [-0.15, -0.1) is 11.3 Å². The molecule has 0 bridgehead atoms. The number of carbonyl (C=O) groups is 1. The van der Waals surface area contributed by atoms with Gasteiger partial charge in [0.1, 0.15) is 21.8 Å². The van der Waals surface area contributed by atoms with Crippen LogP contribution in [0.1, 0.15) is 15.4 Å². The van der Waals surface area contributed by atoms with E-state index in [2.05, 4.69) is 9.88 Å². The van der Waals surface area contributed by atoms with Gasteiger partial charge < -0.3 is 13.7 Å². The smallest absolute Gasteiger partial charge is 0.349 e. The summed E-state index contributed by atoms with van der Waals surface area (Å²) in [6.07, 6.45) is 1.64. The Labute approximate surface area is 176 Å². The van der Waals surface area contributed by atoms with E-state index in [1.165, 1.54) is 0 Å². The van der Waals surface area contributed by atoms with Gasteiger partial charge >= 0.3 is 5.63 Å². The molecule has 1 fully saturated rings. The molecule has 1 aromatic carbocycles. The molecule has 4 aromatic rings. The third-order valence-corrected chi connectivity index (χ3v) is 6.05. The number of furan rings is 1. The predicted octanol–water partition coefficient (Wildman–Crippen LogP) is 3.47. The van der Waals surface area contributed by atoms with E-state index in [4.69, 9.17) is 8.83 Å². The molecule has 152 valence electrons. The van der Waals surface area contributed by atoms with Crippen molar-refractivity contribution in [2.24, 2.45) is 0 Å². The predicted molar refractivity (Wildman–Crippen MR) is 113 cm³/mol. The zero-order valence-electron chi connectivity index (χ0n) is 16.1. The van der Waals surface area contributed by atoms with Crippen LogP contribution in [-0.4, -0.2) is 46.9 Å². The topological polar surface area (TPSA) is 79.8 Å². The van der Waals surface area contributed by atoms with Gasteiger partial charge in [-0.2, -0.15) is 0 Å². The van der Waals surface area contributed by atoms with Crippen molar-refractivity contribution in [2.75, 3.05) is 26.2 Å². The van der Waals surface area contributed by atoms with Gasteiger partial charge in [0, 0.05) is 36.9 Å². The summed E-state index contributed by atoms with van der Waals surface area (Å²) in [6.45, 7) is 3.29. The SMILES string of the molecule is O=C(c1cc2ccccc2oc1=O)N1CCN(Cc2nc(-c3ccco3)cs2)CC1. The number of aromatic nitrogens is 1. The third-order valence-electron chi connectivity index (χ3n) is 5.22. The number of para-hydroxylation sites is 1. The maximum absolute atomic E-state index is 12.9. The van der Waals surface area contributed by atoms with Crippen LogP contribution in [-0.2, 0) is 6.54 Å². The van der Waals surface area contributed by atoms with Crippen molar-refractivity contribution in [3.8, 4) is 11.5 Å². The molecule has 0 radical (unpaired) electrons. The van der Waals surface area contributed by atoms with Crippen molar-refractivity contribution in [1.82, 2.24) is 14.8 Å². The standard InChI is InChI=1S/C22H19N3O4S/c26-21(16-12-15-4-1-2-5-18(15)29-22(16)27)25-9-7-24(8-10-25)13-20-23-17(14-30-20)19-6-3-11-28-19/h1-6,11-12,14H,7-10,13H2. The molecule has 0 saturated carbocycles. The zero-order valence-corrected chi connectivity index (χ0v) is 16.9. The van der Waals surface area contributed by atoms with Crippen molar-refractivity contribution in [2.45, 2.75) is 6.54 Å². The molecule has 4 heterocycles. The van der Waals surface area contributed by atoms with Crippen molar-refractivity contribution >= 4 is 28.2 Å². The second-order valence-electron chi connectivity index (χ2n) is 7.16. The van der Waals surface area contributed by atoms with Crippen LogP contribution in [0.15, 0.2) is 67.7 Å². The average Bonchev–Trinajstić information content (AvgIpc) is 3.45. The first-order chi connectivity index (χ1) is 14.7. The Morgan fingerprint density at radius 1 is 1.10 bits per heavy atom. The van der Waals surface area contributed by atoms with Crippen molar-refractivity contribution in [1.29, 1.82) is 0 Å². The lowest BCUT2D eigenvalue weighted by Gasteiger charge is -2.34. The Kier molecular flexibility index (Phi) is 4.94. The van der Waals surface area contributed by atoms with E-state index in [0.29, 0.717) is 18.7 Å². The van der Waals surface area contributed by atoms with Gasteiger partial charge in [0.15, 0.2) is 5.76 Å². The van der Waals surface area contributed by atoms with E-state index in [0.717, 1.165) is 41.5 Å². The number of hydrogen-bond acceptors (Lipinski definition) is 7. The fourth-order valence-electron chi connectivity index (χ4n) is 3.60. The fourth-order valence-corrected chi connectivity index (χ4v) is 4.43. The van der Waals surface area contributed by atoms with Gasteiger partial charge in [-0.3, -0.25) is 9.69 Å².